The summed E-state index contributed by atoms with van der Waals surface area (Å²) in [5, 5.41) is 7.73. The van der Waals surface area contributed by atoms with Crippen molar-refractivity contribution in [3.8, 4) is 0 Å². The highest BCUT2D eigenvalue weighted by Gasteiger charge is 2.33. The molecule has 30 heavy (non-hydrogen) atoms. The maximum Gasteiger partial charge on any atom is 0.434 e. The fraction of sp³-hybridized carbons (Fsp3) is 0.526. The molecule has 1 aliphatic rings. The number of halogens is 3. The number of ether oxygens (including phenoxy) is 1. The molecule has 1 saturated heterocycles. The molecule has 0 radical (unpaired) electrons. The van der Waals surface area contributed by atoms with Crippen LogP contribution in [0.4, 0.5) is 19.0 Å². The van der Waals surface area contributed by atoms with Crippen LogP contribution in [0.3, 0.4) is 0 Å². The van der Waals surface area contributed by atoms with Crippen LogP contribution in [0.1, 0.15) is 23.2 Å². The summed E-state index contributed by atoms with van der Waals surface area (Å²) in [4.78, 5) is 14.5. The lowest BCUT2D eigenvalue weighted by molar-refractivity contribution is -0.140. The summed E-state index contributed by atoms with van der Waals surface area (Å²) in [5.41, 5.74) is 0.158. The molecule has 1 aliphatic heterocycles. The Morgan fingerprint density at radius 1 is 1.37 bits per heavy atom. The van der Waals surface area contributed by atoms with Gasteiger partial charge < -0.3 is 20.3 Å². The average molecular weight is 443 g/mol. The molecule has 0 saturated carbocycles. The van der Waals surface area contributed by atoms with Gasteiger partial charge in [0.2, 0.25) is 0 Å². The van der Waals surface area contributed by atoms with Crippen LogP contribution in [0, 0.1) is 0 Å². The van der Waals surface area contributed by atoms with Gasteiger partial charge in [-0.1, -0.05) is 6.07 Å². The van der Waals surface area contributed by atoms with Gasteiger partial charge >= 0.3 is 6.18 Å². The summed E-state index contributed by atoms with van der Waals surface area (Å²) in [6.45, 7) is 5.36. The highest BCUT2D eigenvalue weighted by molar-refractivity contribution is 7.09. The maximum atomic E-state index is 12.6. The fourth-order valence-electron chi connectivity index (χ4n) is 2.98. The molecule has 2 N–H and O–H groups in total. The van der Waals surface area contributed by atoms with Crippen molar-refractivity contribution in [2.45, 2.75) is 32.2 Å². The Morgan fingerprint density at radius 2 is 2.20 bits per heavy atom. The fourth-order valence-corrected chi connectivity index (χ4v) is 3.79. The monoisotopic (exact) mass is 442 g/mol. The van der Waals surface area contributed by atoms with E-state index in [2.05, 4.69) is 30.5 Å². The van der Waals surface area contributed by atoms with E-state index < -0.39 is 11.9 Å². The van der Waals surface area contributed by atoms with Gasteiger partial charge in [-0.05, 0) is 18.6 Å². The summed E-state index contributed by atoms with van der Waals surface area (Å²) in [6.07, 6.45) is -2.00. The predicted octanol–water partition coefficient (Wildman–Crippen LogP) is 2.69. The number of aliphatic imine (C=N–C) groups is 1. The smallest absolute Gasteiger partial charge is 0.375 e. The molecule has 164 valence electrons. The number of aromatic nitrogens is 2. The van der Waals surface area contributed by atoms with Gasteiger partial charge in [-0.25, -0.2) is 9.97 Å². The molecule has 7 nitrogen and oxygen atoms in total. The number of thiazole rings is 1. The molecule has 2 aromatic rings. The SMILES string of the molecule is CN=C(NCCc1nc(C(F)(F)F)cs1)NCc1ccc(N2CCOC(C)C2)nc1. The lowest BCUT2D eigenvalue weighted by Crippen LogP contribution is -2.41. The van der Waals surface area contributed by atoms with Crippen molar-refractivity contribution in [2.75, 3.05) is 38.2 Å². The van der Waals surface area contributed by atoms with Gasteiger partial charge in [0.15, 0.2) is 11.7 Å². The van der Waals surface area contributed by atoms with Crippen LogP contribution in [-0.2, 0) is 23.9 Å². The van der Waals surface area contributed by atoms with Gasteiger partial charge in [0.1, 0.15) is 5.82 Å². The molecule has 3 rings (SSSR count). The van der Waals surface area contributed by atoms with Gasteiger partial charge in [0, 0.05) is 51.2 Å². The quantitative estimate of drug-likeness (QED) is 0.529. The minimum absolute atomic E-state index is 0.195. The Morgan fingerprint density at radius 3 is 2.83 bits per heavy atom. The van der Waals surface area contributed by atoms with Crippen molar-refractivity contribution in [1.82, 2.24) is 20.6 Å². The number of pyridine rings is 1. The van der Waals surface area contributed by atoms with Crippen LogP contribution in [0.25, 0.3) is 0 Å². The second-order valence-electron chi connectivity index (χ2n) is 6.88. The first-order valence-corrected chi connectivity index (χ1v) is 10.5. The molecule has 11 heteroatoms. The molecule has 0 amide bonds. The molecular weight excluding hydrogens is 417 g/mol. The normalized spacial score (nSPS) is 17.8. The molecule has 0 spiro atoms. The zero-order valence-electron chi connectivity index (χ0n) is 16.9. The number of rotatable bonds is 6. The van der Waals surface area contributed by atoms with E-state index in [-0.39, 0.29) is 6.10 Å². The minimum Gasteiger partial charge on any atom is -0.375 e. The standard InChI is InChI=1S/C19H25F3N6OS/c1-13-11-28(7-8-29-13)16-4-3-14(9-25-16)10-26-18(23-2)24-6-5-17-27-15(12-30-17)19(20,21)22/h3-4,9,12-13H,5-8,10-11H2,1-2H3,(H2,23,24,26). The van der Waals surface area contributed by atoms with E-state index >= 15 is 0 Å². The molecule has 3 heterocycles. The summed E-state index contributed by atoms with van der Waals surface area (Å²) >= 11 is 1.01. The lowest BCUT2D eigenvalue weighted by Gasteiger charge is -2.32. The molecule has 1 fully saturated rings. The van der Waals surface area contributed by atoms with Crippen LogP contribution >= 0.6 is 11.3 Å². The third-order valence-corrected chi connectivity index (χ3v) is 5.44. The number of nitrogens with zero attached hydrogens (tertiary/aromatic N) is 4. The lowest BCUT2D eigenvalue weighted by atomic mass is 10.2. The van der Waals surface area contributed by atoms with E-state index in [1.807, 2.05) is 25.3 Å². The van der Waals surface area contributed by atoms with Crippen molar-refractivity contribution in [2.24, 2.45) is 4.99 Å². The van der Waals surface area contributed by atoms with Gasteiger partial charge in [0.05, 0.1) is 17.7 Å². The molecule has 0 aromatic carbocycles. The molecule has 0 aliphatic carbocycles. The van der Waals surface area contributed by atoms with Gasteiger partial charge in [-0.2, -0.15) is 13.2 Å². The number of guanidine groups is 1. The van der Waals surface area contributed by atoms with Crippen molar-refractivity contribution in [1.29, 1.82) is 0 Å². The van der Waals surface area contributed by atoms with Crippen molar-refractivity contribution < 1.29 is 17.9 Å². The van der Waals surface area contributed by atoms with E-state index in [1.54, 1.807) is 7.05 Å². The third-order valence-electron chi connectivity index (χ3n) is 4.53. The van der Waals surface area contributed by atoms with E-state index in [4.69, 9.17) is 4.74 Å². The van der Waals surface area contributed by atoms with E-state index in [9.17, 15) is 13.2 Å². The number of hydrogen-bond acceptors (Lipinski definition) is 6. The largest absolute Gasteiger partial charge is 0.434 e. The molecule has 0 bridgehead atoms. The average Bonchev–Trinajstić information content (AvgIpc) is 3.20. The Hall–Kier alpha value is -2.40. The van der Waals surface area contributed by atoms with E-state index in [1.165, 1.54) is 0 Å². The van der Waals surface area contributed by atoms with Crippen LogP contribution < -0.4 is 15.5 Å². The number of alkyl halides is 3. The predicted molar refractivity (Wildman–Crippen MR) is 111 cm³/mol. The van der Waals surface area contributed by atoms with Crippen LogP contribution in [0.5, 0.6) is 0 Å². The van der Waals surface area contributed by atoms with Crippen molar-refractivity contribution in [3.05, 3.63) is 40.0 Å². The first kappa shape index (κ1) is 22.3. The molecular formula is C19H25F3N6OS. The summed E-state index contributed by atoms with van der Waals surface area (Å²) in [5.74, 6) is 1.49. The zero-order valence-corrected chi connectivity index (χ0v) is 17.7. The van der Waals surface area contributed by atoms with Crippen LogP contribution in [0.2, 0.25) is 0 Å². The number of anilines is 1. The highest BCUT2D eigenvalue weighted by atomic mass is 32.1. The third kappa shape index (κ3) is 6.30. The van der Waals surface area contributed by atoms with Crippen molar-refractivity contribution in [3.63, 3.8) is 0 Å². The minimum atomic E-state index is -4.40. The Kier molecular flexibility index (Phi) is 7.48. The number of morpholine rings is 1. The Bertz CT molecular complexity index is 840. The Labute approximate surface area is 177 Å². The van der Waals surface area contributed by atoms with E-state index in [0.29, 0.717) is 37.1 Å². The molecule has 2 aromatic heterocycles. The first-order valence-electron chi connectivity index (χ1n) is 9.62. The second kappa shape index (κ2) is 10.1. The van der Waals surface area contributed by atoms with Crippen molar-refractivity contribution >= 4 is 23.1 Å². The van der Waals surface area contributed by atoms with E-state index in [0.717, 1.165) is 41.2 Å². The highest BCUT2D eigenvalue weighted by Crippen LogP contribution is 2.30. The maximum absolute atomic E-state index is 12.6. The Balaban J connectivity index is 1.43. The topological polar surface area (TPSA) is 74.7 Å². The zero-order chi connectivity index (χ0) is 21.6. The number of hydrogen-bond donors (Lipinski definition) is 2. The van der Waals surface area contributed by atoms with Crippen LogP contribution in [-0.4, -0.2) is 55.3 Å². The summed E-state index contributed by atoms with van der Waals surface area (Å²) in [6, 6.07) is 4.00. The second-order valence-corrected chi connectivity index (χ2v) is 7.82. The van der Waals surface area contributed by atoms with Crippen LogP contribution in [0.15, 0.2) is 28.7 Å². The van der Waals surface area contributed by atoms with Gasteiger partial charge in [0.25, 0.3) is 0 Å². The number of nitrogens with one attached hydrogen (secondary N) is 2. The summed E-state index contributed by atoms with van der Waals surface area (Å²) < 4.78 is 43.4. The first-order chi connectivity index (χ1) is 14.3. The van der Waals surface area contributed by atoms with Gasteiger partial charge in [-0.3, -0.25) is 4.99 Å². The molecule has 1 atom stereocenters. The molecule has 1 unspecified atom stereocenters. The summed E-state index contributed by atoms with van der Waals surface area (Å²) in [7, 11) is 1.64. The van der Waals surface area contributed by atoms with Gasteiger partial charge in [-0.15, -0.1) is 11.3 Å².